The SMILES string of the molecule is Nc1nc2cc(CNC3COC(C(c4ccc(F)cc4)c4ccc(F)cc4)CC3O)ccc2o1. The molecule has 6 nitrogen and oxygen atoms in total. The van der Waals surface area contributed by atoms with Gasteiger partial charge < -0.3 is 25.3 Å². The topological polar surface area (TPSA) is 93.5 Å². The van der Waals surface area contributed by atoms with Gasteiger partial charge in [0.15, 0.2) is 5.58 Å². The van der Waals surface area contributed by atoms with Crippen LogP contribution in [0.3, 0.4) is 0 Å². The minimum absolute atomic E-state index is 0.124. The molecule has 176 valence electrons. The molecule has 1 aliphatic heterocycles. The van der Waals surface area contributed by atoms with E-state index in [1.54, 1.807) is 24.3 Å². The number of aliphatic hydroxyl groups excluding tert-OH is 1. The Morgan fingerprint density at radius 1 is 1.00 bits per heavy atom. The Labute approximate surface area is 195 Å². The number of aliphatic hydroxyl groups is 1. The molecule has 0 radical (unpaired) electrons. The molecule has 5 rings (SSSR count). The van der Waals surface area contributed by atoms with Gasteiger partial charge in [-0.25, -0.2) is 8.78 Å². The van der Waals surface area contributed by atoms with Gasteiger partial charge in [-0.15, -0.1) is 0 Å². The van der Waals surface area contributed by atoms with Crippen molar-refractivity contribution in [1.29, 1.82) is 0 Å². The number of anilines is 1. The van der Waals surface area contributed by atoms with Crippen molar-refractivity contribution in [3.05, 3.63) is 95.1 Å². The van der Waals surface area contributed by atoms with Gasteiger partial charge in [-0.05, 0) is 53.1 Å². The van der Waals surface area contributed by atoms with Gasteiger partial charge in [0.1, 0.15) is 17.2 Å². The zero-order valence-electron chi connectivity index (χ0n) is 18.3. The molecule has 0 aliphatic carbocycles. The van der Waals surface area contributed by atoms with Crippen LogP contribution in [-0.4, -0.2) is 34.9 Å². The molecule has 2 heterocycles. The standard InChI is InChI=1S/C26H25F2N3O3/c27-18-6-2-16(3-7-18)25(17-4-8-19(28)9-5-17)24-12-22(32)21(14-33-24)30-13-15-1-10-23-20(11-15)31-26(29)34-23/h1-11,21-22,24-25,30,32H,12-14H2,(H2,29,31). The molecule has 0 bridgehead atoms. The van der Waals surface area contributed by atoms with E-state index < -0.39 is 6.10 Å². The molecule has 1 aliphatic rings. The van der Waals surface area contributed by atoms with E-state index in [0.29, 0.717) is 30.7 Å². The van der Waals surface area contributed by atoms with E-state index >= 15 is 0 Å². The number of fused-ring (bicyclic) bond motifs is 1. The van der Waals surface area contributed by atoms with Gasteiger partial charge in [0.05, 0.1) is 24.9 Å². The summed E-state index contributed by atoms with van der Waals surface area (Å²) in [6, 6.07) is 17.9. The first-order valence-electron chi connectivity index (χ1n) is 11.1. The number of benzene rings is 3. The smallest absolute Gasteiger partial charge is 0.292 e. The normalized spacial score (nSPS) is 20.8. The lowest BCUT2D eigenvalue weighted by atomic mass is 9.82. The molecule has 0 saturated carbocycles. The molecule has 0 amide bonds. The second-order valence-electron chi connectivity index (χ2n) is 8.60. The summed E-state index contributed by atoms with van der Waals surface area (Å²) in [5.74, 6) is -0.930. The number of nitrogens with one attached hydrogen (secondary N) is 1. The summed E-state index contributed by atoms with van der Waals surface area (Å²) >= 11 is 0. The molecular weight excluding hydrogens is 440 g/mol. The van der Waals surface area contributed by atoms with E-state index in [1.165, 1.54) is 24.3 Å². The third kappa shape index (κ3) is 4.79. The number of aromatic nitrogens is 1. The van der Waals surface area contributed by atoms with Gasteiger partial charge in [0.2, 0.25) is 0 Å². The zero-order valence-corrected chi connectivity index (χ0v) is 18.3. The number of rotatable bonds is 6. The number of halogens is 2. The van der Waals surface area contributed by atoms with Crippen molar-refractivity contribution in [2.45, 2.75) is 37.1 Å². The molecule has 1 fully saturated rings. The van der Waals surface area contributed by atoms with Gasteiger partial charge in [-0.1, -0.05) is 30.3 Å². The lowest BCUT2D eigenvalue weighted by Crippen LogP contribution is -2.50. The molecule has 1 saturated heterocycles. The molecule has 3 atom stereocenters. The predicted molar refractivity (Wildman–Crippen MR) is 124 cm³/mol. The minimum atomic E-state index is -0.659. The highest BCUT2D eigenvalue weighted by atomic mass is 19.1. The maximum Gasteiger partial charge on any atom is 0.292 e. The van der Waals surface area contributed by atoms with Crippen molar-refractivity contribution < 1.29 is 23.0 Å². The summed E-state index contributed by atoms with van der Waals surface area (Å²) in [4.78, 5) is 4.14. The fraction of sp³-hybridized carbons (Fsp3) is 0.269. The number of nitrogen functional groups attached to an aromatic ring is 1. The van der Waals surface area contributed by atoms with E-state index in [-0.39, 0.29) is 35.7 Å². The number of nitrogens with two attached hydrogens (primary N) is 1. The first kappa shape index (κ1) is 22.5. The molecule has 34 heavy (non-hydrogen) atoms. The van der Waals surface area contributed by atoms with Crippen LogP contribution in [0.4, 0.5) is 14.8 Å². The van der Waals surface area contributed by atoms with Crippen LogP contribution in [0.5, 0.6) is 0 Å². The van der Waals surface area contributed by atoms with Crippen LogP contribution < -0.4 is 11.1 Å². The Morgan fingerprint density at radius 2 is 1.65 bits per heavy atom. The predicted octanol–water partition coefficient (Wildman–Crippen LogP) is 4.13. The Hall–Kier alpha value is -3.33. The molecule has 0 spiro atoms. The summed E-state index contributed by atoms with van der Waals surface area (Å²) in [5, 5.41) is 14.3. The zero-order chi connectivity index (χ0) is 23.7. The summed E-state index contributed by atoms with van der Waals surface area (Å²) in [6.07, 6.45) is -0.636. The van der Waals surface area contributed by atoms with Crippen LogP contribution in [0.25, 0.3) is 11.1 Å². The Morgan fingerprint density at radius 3 is 2.26 bits per heavy atom. The molecule has 4 aromatic rings. The van der Waals surface area contributed by atoms with Gasteiger partial charge >= 0.3 is 0 Å². The van der Waals surface area contributed by atoms with Crippen molar-refractivity contribution in [2.24, 2.45) is 0 Å². The minimum Gasteiger partial charge on any atom is -0.424 e. The third-order valence-corrected chi connectivity index (χ3v) is 6.30. The quantitative estimate of drug-likeness (QED) is 0.397. The summed E-state index contributed by atoms with van der Waals surface area (Å²) < 4.78 is 38.6. The van der Waals surface area contributed by atoms with E-state index in [9.17, 15) is 13.9 Å². The largest absolute Gasteiger partial charge is 0.424 e. The van der Waals surface area contributed by atoms with Crippen LogP contribution in [-0.2, 0) is 11.3 Å². The van der Waals surface area contributed by atoms with Crippen LogP contribution in [0, 0.1) is 11.6 Å². The average Bonchev–Trinajstić information content (AvgIpc) is 3.20. The van der Waals surface area contributed by atoms with Gasteiger partial charge in [-0.3, -0.25) is 0 Å². The third-order valence-electron chi connectivity index (χ3n) is 6.30. The maximum atomic E-state index is 13.5. The van der Waals surface area contributed by atoms with Crippen LogP contribution in [0.2, 0.25) is 0 Å². The maximum absolute atomic E-state index is 13.5. The highest BCUT2D eigenvalue weighted by Gasteiger charge is 2.35. The highest BCUT2D eigenvalue weighted by molar-refractivity contribution is 5.74. The summed E-state index contributed by atoms with van der Waals surface area (Å²) in [6.45, 7) is 0.807. The molecular formula is C26H25F2N3O3. The monoisotopic (exact) mass is 465 g/mol. The van der Waals surface area contributed by atoms with Gasteiger partial charge in [-0.2, -0.15) is 4.98 Å². The van der Waals surface area contributed by atoms with E-state index in [1.807, 2.05) is 18.2 Å². The molecule has 1 aromatic heterocycles. The van der Waals surface area contributed by atoms with Crippen molar-refractivity contribution in [1.82, 2.24) is 10.3 Å². The van der Waals surface area contributed by atoms with Crippen LogP contribution in [0.15, 0.2) is 71.1 Å². The Kier molecular flexibility index (Phi) is 6.28. The van der Waals surface area contributed by atoms with Crippen LogP contribution >= 0.6 is 0 Å². The van der Waals surface area contributed by atoms with E-state index in [4.69, 9.17) is 14.9 Å². The number of hydrogen-bond donors (Lipinski definition) is 3. The number of oxazole rings is 1. The molecule has 3 aromatic carbocycles. The fourth-order valence-electron chi connectivity index (χ4n) is 4.55. The van der Waals surface area contributed by atoms with E-state index in [0.717, 1.165) is 16.7 Å². The summed E-state index contributed by atoms with van der Waals surface area (Å²) in [7, 11) is 0. The number of nitrogens with zero attached hydrogens (tertiary/aromatic N) is 1. The lowest BCUT2D eigenvalue weighted by Gasteiger charge is -2.38. The van der Waals surface area contributed by atoms with Crippen molar-refractivity contribution in [3.63, 3.8) is 0 Å². The first-order valence-corrected chi connectivity index (χ1v) is 11.1. The Bertz CT molecular complexity index is 1220. The van der Waals surface area contributed by atoms with Crippen molar-refractivity contribution >= 4 is 17.1 Å². The van der Waals surface area contributed by atoms with E-state index in [2.05, 4.69) is 10.3 Å². The highest BCUT2D eigenvalue weighted by Crippen LogP contribution is 2.35. The second kappa shape index (κ2) is 9.50. The molecule has 3 unspecified atom stereocenters. The lowest BCUT2D eigenvalue weighted by molar-refractivity contribution is -0.0718. The van der Waals surface area contributed by atoms with Crippen molar-refractivity contribution in [2.75, 3.05) is 12.3 Å². The summed E-state index contributed by atoms with van der Waals surface area (Å²) in [5.41, 5.74) is 9.57. The fourth-order valence-corrected chi connectivity index (χ4v) is 4.55. The van der Waals surface area contributed by atoms with Crippen LogP contribution in [0.1, 0.15) is 29.0 Å². The number of ether oxygens (including phenoxy) is 1. The van der Waals surface area contributed by atoms with Gasteiger partial charge in [0.25, 0.3) is 6.01 Å². The first-order chi connectivity index (χ1) is 16.5. The van der Waals surface area contributed by atoms with Crippen molar-refractivity contribution in [3.8, 4) is 0 Å². The Balaban J connectivity index is 1.29. The average molecular weight is 466 g/mol. The molecule has 8 heteroatoms. The molecule has 4 N–H and O–H groups in total. The van der Waals surface area contributed by atoms with Gasteiger partial charge in [0, 0.05) is 18.9 Å². The second-order valence-corrected chi connectivity index (χ2v) is 8.60. The number of hydrogen-bond acceptors (Lipinski definition) is 6.